The van der Waals surface area contributed by atoms with Crippen LogP contribution < -0.4 is 5.32 Å². The van der Waals surface area contributed by atoms with Gasteiger partial charge in [-0.15, -0.1) is 0 Å². The van der Waals surface area contributed by atoms with Crippen molar-refractivity contribution < 1.29 is 22.9 Å². The van der Waals surface area contributed by atoms with Gasteiger partial charge in [0.2, 0.25) is 0 Å². The summed E-state index contributed by atoms with van der Waals surface area (Å²) in [5.74, 6) is -0.390. The third kappa shape index (κ3) is 3.66. The Balaban J connectivity index is 1.92. The molecule has 2 aromatic carbocycles. The Morgan fingerprint density at radius 3 is 2.29 bits per heavy atom. The highest BCUT2D eigenvalue weighted by Gasteiger charge is 2.54. The van der Waals surface area contributed by atoms with Gasteiger partial charge in [-0.05, 0) is 12.1 Å². The minimum atomic E-state index is -4.75. The number of hydrogen-bond acceptors (Lipinski definition) is 4. The normalized spacial score (nSPS) is 19.0. The van der Waals surface area contributed by atoms with Gasteiger partial charge in [-0.1, -0.05) is 54.6 Å². The second-order valence-corrected chi connectivity index (χ2v) is 6.26. The third-order valence-corrected chi connectivity index (χ3v) is 4.45. The van der Waals surface area contributed by atoms with Crippen LogP contribution in [0.25, 0.3) is 0 Å². The van der Waals surface area contributed by atoms with Crippen LogP contribution in [0.3, 0.4) is 0 Å². The molecule has 0 saturated heterocycles. The van der Waals surface area contributed by atoms with E-state index in [1.165, 1.54) is 24.3 Å². The van der Waals surface area contributed by atoms with Crippen molar-refractivity contribution >= 4 is 17.2 Å². The lowest BCUT2D eigenvalue weighted by Crippen LogP contribution is -2.51. The molecule has 2 aromatic rings. The molecule has 1 aliphatic carbocycles. The molecule has 0 saturated carbocycles. The highest BCUT2D eigenvalue weighted by atomic mass is 19.4. The molecule has 0 bridgehead atoms. The van der Waals surface area contributed by atoms with Crippen LogP contribution in [-0.2, 0) is 0 Å². The fourth-order valence-corrected chi connectivity index (χ4v) is 2.92. The number of nitrogens with one attached hydrogen (secondary N) is 1. The van der Waals surface area contributed by atoms with Crippen molar-refractivity contribution in [3.8, 4) is 0 Å². The second-order valence-electron chi connectivity index (χ2n) is 6.26. The average Bonchev–Trinajstić information content (AvgIpc) is 2.68. The molecule has 0 heterocycles. The van der Waals surface area contributed by atoms with E-state index in [4.69, 9.17) is 0 Å². The summed E-state index contributed by atoms with van der Waals surface area (Å²) in [5.41, 5.74) is -2.77. The van der Waals surface area contributed by atoms with Crippen molar-refractivity contribution in [3.05, 3.63) is 94.1 Å². The first-order valence-electron chi connectivity index (χ1n) is 8.31. The largest absolute Gasteiger partial charge is 0.415 e. The second kappa shape index (κ2) is 7.30. The van der Waals surface area contributed by atoms with E-state index in [9.17, 15) is 28.1 Å². The summed E-state index contributed by atoms with van der Waals surface area (Å²) in [7, 11) is 0. The Bertz CT molecular complexity index is 968. The first-order chi connectivity index (χ1) is 13.2. The molecule has 8 heteroatoms. The van der Waals surface area contributed by atoms with E-state index in [2.05, 4.69) is 5.32 Å². The molecule has 28 heavy (non-hydrogen) atoms. The van der Waals surface area contributed by atoms with Crippen LogP contribution in [0.4, 0.5) is 24.5 Å². The number of Topliss-reactive ketones (excluding diaryl/α,β-unsaturated/α-hetero) is 1. The Hall–Kier alpha value is -3.42. The first-order valence-corrected chi connectivity index (χ1v) is 8.31. The molecule has 5 nitrogen and oxygen atoms in total. The summed E-state index contributed by atoms with van der Waals surface area (Å²) in [6.45, 7) is 0. The summed E-state index contributed by atoms with van der Waals surface area (Å²) in [5, 5.41) is 13.4. The average molecular weight is 388 g/mol. The van der Waals surface area contributed by atoms with Crippen molar-refractivity contribution in [2.75, 3.05) is 5.32 Å². The number of alkyl halides is 3. The molecule has 1 atom stereocenters. The Morgan fingerprint density at radius 1 is 1.07 bits per heavy atom. The van der Waals surface area contributed by atoms with Gasteiger partial charge in [0.1, 0.15) is 5.69 Å². The van der Waals surface area contributed by atoms with Gasteiger partial charge >= 0.3 is 6.18 Å². The lowest BCUT2D eigenvalue weighted by molar-refractivity contribution is -0.384. The van der Waals surface area contributed by atoms with Gasteiger partial charge in [-0.3, -0.25) is 14.9 Å². The van der Waals surface area contributed by atoms with E-state index in [0.29, 0.717) is 5.56 Å². The van der Waals surface area contributed by atoms with Crippen LogP contribution in [0.5, 0.6) is 0 Å². The van der Waals surface area contributed by atoms with Crippen LogP contribution in [0, 0.1) is 10.1 Å². The predicted molar refractivity (Wildman–Crippen MR) is 98.1 cm³/mol. The number of rotatable bonds is 5. The first kappa shape index (κ1) is 19.3. The molecule has 1 unspecified atom stereocenters. The van der Waals surface area contributed by atoms with Crippen LogP contribution in [0.15, 0.2) is 78.4 Å². The van der Waals surface area contributed by atoms with Crippen molar-refractivity contribution in [2.24, 2.45) is 0 Å². The molecule has 1 N–H and O–H groups in total. The summed E-state index contributed by atoms with van der Waals surface area (Å²) in [6, 6.07) is 13.3. The maximum atomic E-state index is 13.9. The number of para-hydroxylation sites is 2. The molecule has 0 fully saturated rings. The number of benzene rings is 2. The van der Waals surface area contributed by atoms with Gasteiger partial charge in [0, 0.05) is 23.6 Å². The lowest BCUT2D eigenvalue weighted by Gasteiger charge is -2.35. The number of anilines is 1. The van der Waals surface area contributed by atoms with Crippen molar-refractivity contribution in [2.45, 2.75) is 18.1 Å². The quantitative estimate of drug-likeness (QED) is 0.441. The number of hydrogen-bond donors (Lipinski definition) is 1. The highest BCUT2D eigenvalue weighted by Crippen LogP contribution is 2.42. The maximum Gasteiger partial charge on any atom is 0.415 e. The van der Waals surface area contributed by atoms with Crippen molar-refractivity contribution in [1.82, 2.24) is 0 Å². The summed E-state index contributed by atoms with van der Waals surface area (Å²) >= 11 is 0. The zero-order chi connectivity index (χ0) is 20.4. The number of nitro benzene ring substituents is 1. The number of ketones is 1. The minimum absolute atomic E-state index is 0.135. The van der Waals surface area contributed by atoms with Crippen molar-refractivity contribution in [3.63, 3.8) is 0 Å². The molecule has 1 aliphatic rings. The smallest absolute Gasteiger partial charge is 0.363 e. The van der Waals surface area contributed by atoms with Crippen molar-refractivity contribution in [1.29, 1.82) is 0 Å². The SMILES string of the molecule is O=C(C1=CCC(Nc2ccccc2[N+](=O)[O-])(C(F)(F)F)C=C1)c1ccccc1. The number of carbonyl (C=O) groups is 1. The summed E-state index contributed by atoms with van der Waals surface area (Å²) < 4.78 is 41.6. The van der Waals surface area contributed by atoms with E-state index in [-0.39, 0.29) is 11.3 Å². The fourth-order valence-electron chi connectivity index (χ4n) is 2.92. The van der Waals surface area contributed by atoms with Crippen LogP contribution >= 0.6 is 0 Å². The summed E-state index contributed by atoms with van der Waals surface area (Å²) in [4.78, 5) is 22.8. The number of nitrogens with zero attached hydrogens (tertiary/aromatic N) is 1. The van der Waals surface area contributed by atoms with E-state index in [0.717, 1.165) is 18.2 Å². The van der Waals surface area contributed by atoms with E-state index in [1.807, 2.05) is 0 Å². The van der Waals surface area contributed by atoms with E-state index < -0.39 is 34.5 Å². The molecule has 3 rings (SSSR count). The number of carbonyl (C=O) groups excluding carboxylic acids is 1. The topological polar surface area (TPSA) is 72.2 Å². The van der Waals surface area contributed by atoms with Gasteiger partial charge in [0.15, 0.2) is 11.3 Å². The van der Waals surface area contributed by atoms with Crippen LogP contribution in [-0.4, -0.2) is 22.4 Å². The Labute approximate surface area is 158 Å². The minimum Gasteiger partial charge on any atom is -0.363 e. The zero-order valence-corrected chi connectivity index (χ0v) is 14.4. The third-order valence-electron chi connectivity index (χ3n) is 4.45. The zero-order valence-electron chi connectivity index (χ0n) is 14.4. The molecule has 0 aromatic heterocycles. The number of nitro groups is 1. The standard InChI is InChI=1S/C20H15F3N2O3/c21-20(22,23)19(24-16-8-4-5-9-17(16)25(27)28)12-10-15(11-13-19)18(26)14-6-2-1-3-7-14/h1-12,24H,13H2. The number of halogens is 3. The highest BCUT2D eigenvalue weighted by molar-refractivity contribution is 6.10. The van der Waals surface area contributed by atoms with Gasteiger partial charge in [0.25, 0.3) is 5.69 Å². The maximum absolute atomic E-state index is 13.9. The molecule has 0 radical (unpaired) electrons. The summed E-state index contributed by atoms with van der Waals surface area (Å²) in [6.07, 6.45) is -2.17. The Morgan fingerprint density at radius 2 is 1.71 bits per heavy atom. The number of allylic oxidation sites excluding steroid dienone is 2. The van der Waals surface area contributed by atoms with E-state index >= 15 is 0 Å². The molecular weight excluding hydrogens is 373 g/mol. The molecule has 0 amide bonds. The van der Waals surface area contributed by atoms with Gasteiger partial charge < -0.3 is 5.32 Å². The Kier molecular flexibility index (Phi) is 5.04. The molecule has 144 valence electrons. The van der Waals surface area contributed by atoms with Gasteiger partial charge in [-0.2, -0.15) is 13.2 Å². The van der Waals surface area contributed by atoms with Gasteiger partial charge in [-0.25, -0.2) is 0 Å². The van der Waals surface area contributed by atoms with Gasteiger partial charge in [0.05, 0.1) is 4.92 Å². The molecule has 0 aliphatic heterocycles. The molecular formula is C20H15F3N2O3. The monoisotopic (exact) mass is 388 g/mol. The van der Waals surface area contributed by atoms with Crippen LogP contribution in [0.1, 0.15) is 16.8 Å². The lowest BCUT2D eigenvalue weighted by atomic mass is 9.85. The van der Waals surface area contributed by atoms with Crippen LogP contribution in [0.2, 0.25) is 0 Å². The van der Waals surface area contributed by atoms with E-state index in [1.54, 1.807) is 30.3 Å². The fraction of sp³-hybridized carbons (Fsp3) is 0.150. The molecule has 0 spiro atoms. The predicted octanol–water partition coefficient (Wildman–Crippen LogP) is 5.08.